The molecule has 1 aromatic heterocycles. The van der Waals surface area contributed by atoms with E-state index in [0.717, 1.165) is 0 Å². The van der Waals surface area contributed by atoms with Crippen LogP contribution in [0.5, 0.6) is 5.75 Å². The molecule has 0 aliphatic carbocycles. The van der Waals surface area contributed by atoms with Gasteiger partial charge in [-0.25, -0.2) is 9.78 Å². The molecule has 0 amide bonds. The molecule has 0 unspecified atom stereocenters. The Bertz CT molecular complexity index is 572. The Morgan fingerprint density at radius 2 is 2.11 bits per heavy atom. The van der Waals surface area contributed by atoms with Crippen LogP contribution in [0.25, 0.3) is 0 Å². The number of hydrogen-bond acceptors (Lipinski definition) is 5. The summed E-state index contributed by atoms with van der Waals surface area (Å²) in [6.07, 6.45) is 2.63. The fraction of sp³-hybridized carbons (Fsp3) is 0.0833. The first kappa shape index (κ1) is 11.8. The summed E-state index contributed by atoms with van der Waals surface area (Å²) < 4.78 is 5.17. The number of aromatic nitrogens is 2. The van der Waals surface area contributed by atoms with Crippen LogP contribution in [0, 0.1) is 0 Å². The van der Waals surface area contributed by atoms with Crippen molar-refractivity contribution >= 4 is 17.5 Å². The number of nitrogens with one attached hydrogen (secondary N) is 1. The second kappa shape index (κ2) is 5.13. The van der Waals surface area contributed by atoms with Crippen LogP contribution in [0.15, 0.2) is 36.7 Å². The number of para-hydroxylation sites is 2. The molecule has 92 valence electrons. The van der Waals surface area contributed by atoms with Crippen LogP contribution >= 0.6 is 0 Å². The molecule has 2 rings (SSSR count). The van der Waals surface area contributed by atoms with E-state index >= 15 is 0 Å². The number of carbonyl (C=O) groups is 1. The first-order valence-electron chi connectivity index (χ1n) is 5.16. The molecule has 0 radical (unpaired) electrons. The largest absolute Gasteiger partial charge is 0.495 e. The molecule has 18 heavy (non-hydrogen) atoms. The smallest absolute Gasteiger partial charge is 0.356 e. The third-order valence-electron chi connectivity index (χ3n) is 2.22. The lowest BCUT2D eigenvalue weighted by Crippen LogP contribution is -2.04. The zero-order chi connectivity index (χ0) is 13.0. The van der Waals surface area contributed by atoms with Crippen molar-refractivity contribution in [1.82, 2.24) is 9.97 Å². The average Bonchev–Trinajstić information content (AvgIpc) is 2.39. The van der Waals surface area contributed by atoms with Gasteiger partial charge in [-0.05, 0) is 12.1 Å². The maximum absolute atomic E-state index is 10.8. The van der Waals surface area contributed by atoms with Gasteiger partial charge >= 0.3 is 5.97 Å². The minimum absolute atomic E-state index is 0.116. The zero-order valence-corrected chi connectivity index (χ0v) is 9.62. The number of carboxylic acids is 1. The number of rotatable bonds is 4. The number of carboxylic acid groups (broad SMARTS) is 1. The Balaban J connectivity index is 2.28. The van der Waals surface area contributed by atoms with Gasteiger partial charge in [-0.1, -0.05) is 12.1 Å². The topological polar surface area (TPSA) is 84.3 Å². The van der Waals surface area contributed by atoms with Crippen LogP contribution in [-0.4, -0.2) is 28.2 Å². The summed E-state index contributed by atoms with van der Waals surface area (Å²) in [4.78, 5) is 18.5. The number of anilines is 2. The van der Waals surface area contributed by atoms with E-state index in [-0.39, 0.29) is 5.69 Å². The molecule has 6 heteroatoms. The minimum Gasteiger partial charge on any atom is -0.495 e. The van der Waals surface area contributed by atoms with E-state index in [2.05, 4.69) is 15.3 Å². The summed E-state index contributed by atoms with van der Waals surface area (Å²) in [5.41, 5.74) is 0.576. The summed E-state index contributed by atoms with van der Waals surface area (Å²) in [5, 5.41) is 11.8. The van der Waals surface area contributed by atoms with E-state index in [1.807, 2.05) is 12.1 Å². The molecule has 0 saturated heterocycles. The van der Waals surface area contributed by atoms with Crippen LogP contribution in [0.2, 0.25) is 0 Å². The fourth-order valence-electron chi connectivity index (χ4n) is 1.42. The first-order valence-corrected chi connectivity index (χ1v) is 5.16. The number of hydrogen-bond donors (Lipinski definition) is 2. The van der Waals surface area contributed by atoms with Gasteiger partial charge in [0.05, 0.1) is 25.2 Å². The maximum Gasteiger partial charge on any atom is 0.356 e. The van der Waals surface area contributed by atoms with Crippen molar-refractivity contribution in [2.24, 2.45) is 0 Å². The first-order chi connectivity index (χ1) is 8.70. The summed E-state index contributed by atoms with van der Waals surface area (Å²) in [6.45, 7) is 0. The molecule has 1 heterocycles. The highest BCUT2D eigenvalue weighted by molar-refractivity contribution is 5.85. The van der Waals surface area contributed by atoms with Crippen LogP contribution in [0.1, 0.15) is 10.5 Å². The van der Waals surface area contributed by atoms with Gasteiger partial charge in [0, 0.05) is 0 Å². The standard InChI is InChI=1S/C12H11N3O3/c1-18-10-5-3-2-4-8(10)14-11-7-13-6-9(15-11)12(16)17/h2-7H,1H3,(H,14,15)(H,16,17). The molecule has 0 atom stereocenters. The molecule has 0 spiro atoms. The molecule has 2 N–H and O–H groups in total. The average molecular weight is 245 g/mol. The van der Waals surface area contributed by atoms with Crippen LogP contribution in [0.3, 0.4) is 0 Å². The molecule has 0 bridgehead atoms. The van der Waals surface area contributed by atoms with Gasteiger partial charge in [-0.15, -0.1) is 0 Å². The number of nitrogens with zero attached hydrogens (tertiary/aromatic N) is 2. The number of aromatic carboxylic acids is 1. The molecule has 0 saturated carbocycles. The van der Waals surface area contributed by atoms with Gasteiger partial charge in [0.15, 0.2) is 5.69 Å². The molecule has 0 aliphatic heterocycles. The third-order valence-corrected chi connectivity index (χ3v) is 2.22. The van der Waals surface area contributed by atoms with E-state index in [1.165, 1.54) is 12.4 Å². The Morgan fingerprint density at radius 1 is 1.33 bits per heavy atom. The van der Waals surface area contributed by atoms with Crippen molar-refractivity contribution in [1.29, 1.82) is 0 Å². The van der Waals surface area contributed by atoms with E-state index in [0.29, 0.717) is 17.3 Å². The Kier molecular flexibility index (Phi) is 3.38. The minimum atomic E-state index is -1.12. The molecular weight excluding hydrogens is 234 g/mol. The quantitative estimate of drug-likeness (QED) is 0.856. The summed E-state index contributed by atoms with van der Waals surface area (Å²) in [5.74, 6) is -0.134. The normalized spacial score (nSPS) is 9.83. The lowest BCUT2D eigenvalue weighted by atomic mass is 10.3. The van der Waals surface area contributed by atoms with Crippen LogP contribution in [-0.2, 0) is 0 Å². The number of ether oxygens (including phenoxy) is 1. The van der Waals surface area contributed by atoms with E-state index in [4.69, 9.17) is 9.84 Å². The van der Waals surface area contributed by atoms with Gasteiger partial charge < -0.3 is 15.2 Å². The molecule has 2 aromatic rings. The predicted molar refractivity (Wildman–Crippen MR) is 65.3 cm³/mol. The molecular formula is C12H11N3O3. The van der Waals surface area contributed by atoms with Gasteiger partial charge in [0.2, 0.25) is 0 Å². The highest BCUT2D eigenvalue weighted by Gasteiger charge is 2.07. The molecule has 1 aromatic carbocycles. The lowest BCUT2D eigenvalue weighted by molar-refractivity contribution is 0.0690. The van der Waals surface area contributed by atoms with Crippen molar-refractivity contribution in [3.05, 3.63) is 42.4 Å². The van der Waals surface area contributed by atoms with Crippen molar-refractivity contribution in [3.63, 3.8) is 0 Å². The molecule has 0 aliphatic rings. The molecule has 0 fully saturated rings. The van der Waals surface area contributed by atoms with Gasteiger partial charge in [0.25, 0.3) is 0 Å². The SMILES string of the molecule is COc1ccccc1Nc1cncc(C(=O)O)n1. The fourth-order valence-corrected chi connectivity index (χ4v) is 1.42. The Morgan fingerprint density at radius 3 is 2.83 bits per heavy atom. The lowest BCUT2D eigenvalue weighted by Gasteiger charge is -2.09. The van der Waals surface area contributed by atoms with Crippen molar-refractivity contribution in [2.45, 2.75) is 0 Å². The monoisotopic (exact) mass is 245 g/mol. The van der Waals surface area contributed by atoms with Gasteiger partial charge in [-0.3, -0.25) is 4.98 Å². The summed E-state index contributed by atoms with van der Waals surface area (Å²) in [7, 11) is 1.56. The van der Waals surface area contributed by atoms with E-state index in [9.17, 15) is 4.79 Å². The Labute approximate surface area is 103 Å². The second-order valence-corrected chi connectivity index (χ2v) is 3.42. The van der Waals surface area contributed by atoms with E-state index in [1.54, 1.807) is 19.2 Å². The van der Waals surface area contributed by atoms with Crippen molar-refractivity contribution in [2.75, 3.05) is 12.4 Å². The zero-order valence-electron chi connectivity index (χ0n) is 9.62. The molecule has 6 nitrogen and oxygen atoms in total. The predicted octanol–water partition coefficient (Wildman–Crippen LogP) is 1.93. The van der Waals surface area contributed by atoms with E-state index < -0.39 is 5.97 Å². The van der Waals surface area contributed by atoms with Crippen LogP contribution < -0.4 is 10.1 Å². The van der Waals surface area contributed by atoms with Crippen molar-refractivity contribution < 1.29 is 14.6 Å². The summed E-state index contributed by atoms with van der Waals surface area (Å²) in [6, 6.07) is 7.26. The van der Waals surface area contributed by atoms with Crippen LogP contribution in [0.4, 0.5) is 11.5 Å². The maximum atomic E-state index is 10.8. The summed E-state index contributed by atoms with van der Waals surface area (Å²) >= 11 is 0. The highest BCUT2D eigenvalue weighted by atomic mass is 16.5. The third kappa shape index (κ3) is 2.54. The highest BCUT2D eigenvalue weighted by Crippen LogP contribution is 2.25. The van der Waals surface area contributed by atoms with Gasteiger partial charge in [0.1, 0.15) is 11.6 Å². The van der Waals surface area contributed by atoms with Gasteiger partial charge in [-0.2, -0.15) is 0 Å². The second-order valence-electron chi connectivity index (χ2n) is 3.42. The Hall–Kier alpha value is -2.63. The number of methoxy groups -OCH3 is 1. The van der Waals surface area contributed by atoms with Crippen molar-refractivity contribution in [3.8, 4) is 5.75 Å². The number of benzene rings is 1.